The average Bonchev–Trinajstić information content (AvgIpc) is 2.77. The number of hydrogen-bond acceptors (Lipinski definition) is 4. The second kappa shape index (κ2) is 7.25. The van der Waals surface area contributed by atoms with Crippen molar-refractivity contribution < 1.29 is 9.15 Å². The van der Waals surface area contributed by atoms with Gasteiger partial charge in [0.1, 0.15) is 11.5 Å². The Labute approximate surface area is 122 Å². The standard InChI is InChI=1S/C16H28N2O2/c1-12(2)17-10-16-13(3)9-15(20-16)11-18(4)14-5-7-19-8-6-14/h9,12,14,17H,5-8,10-11H2,1-4H3. The SMILES string of the molecule is Cc1cc(CN(C)C2CCOCC2)oc1CNC(C)C. The minimum atomic E-state index is 0.480. The van der Waals surface area contributed by atoms with Crippen LogP contribution in [0.3, 0.4) is 0 Å². The molecule has 0 bridgehead atoms. The molecule has 0 saturated carbocycles. The fourth-order valence-electron chi connectivity index (χ4n) is 2.64. The Morgan fingerprint density at radius 3 is 2.70 bits per heavy atom. The van der Waals surface area contributed by atoms with E-state index in [2.05, 4.69) is 44.1 Å². The lowest BCUT2D eigenvalue weighted by Gasteiger charge is -2.30. The molecule has 0 unspecified atom stereocenters. The summed E-state index contributed by atoms with van der Waals surface area (Å²) in [4.78, 5) is 2.39. The first-order chi connectivity index (χ1) is 9.56. The molecule has 1 saturated heterocycles. The monoisotopic (exact) mass is 280 g/mol. The van der Waals surface area contributed by atoms with Gasteiger partial charge in [-0.25, -0.2) is 0 Å². The third kappa shape index (κ3) is 4.33. The summed E-state index contributed by atoms with van der Waals surface area (Å²) in [6, 6.07) is 3.27. The first kappa shape index (κ1) is 15.5. The maximum atomic E-state index is 5.99. The number of aryl methyl sites for hydroxylation is 1. The van der Waals surface area contributed by atoms with E-state index in [0.717, 1.165) is 50.7 Å². The minimum absolute atomic E-state index is 0.480. The van der Waals surface area contributed by atoms with Gasteiger partial charge in [-0.2, -0.15) is 0 Å². The molecule has 0 spiro atoms. The fraction of sp³-hybridized carbons (Fsp3) is 0.750. The van der Waals surface area contributed by atoms with E-state index in [0.29, 0.717) is 12.1 Å². The van der Waals surface area contributed by atoms with Crippen molar-refractivity contribution in [2.24, 2.45) is 0 Å². The molecule has 0 atom stereocenters. The molecular weight excluding hydrogens is 252 g/mol. The fourth-order valence-corrected chi connectivity index (χ4v) is 2.64. The number of nitrogens with one attached hydrogen (secondary N) is 1. The predicted octanol–water partition coefficient (Wildman–Crippen LogP) is 2.70. The topological polar surface area (TPSA) is 37.6 Å². The molecule has 2 rings (SSSR count). The van der Waals surface area contributed by atoms with Gasteiger partial charge in [0.05, 0.1) is 13.1 Å². The molecule has 0 aliphatic carbocycles. The largest absolute Gasteiger partial charge is 0.463 e. The van der Waals surface area contributed by atoms with Gasteiger partial charge in [0, 0.05) is 25.3 Å². The van der Waals surface area contributed by atoms with Crippen LogP contribution in [0, 0.1) is 6.92 Å². The number of furan rings is 1. The van der Waals surface area contributed by atoms with E-state index in [-0.39, 0.29) is 0 Å². The van der Waals surface area contributed by atoms with Crippen molar-refractivity contribution in [1.82, 2.24) is 10.2 Å². The van der Waals surface area contributed by atoms with Crippen molar-refractivity contribution in [3.05, 3.63) is 23.2 Å². The Bertz CT molecular complexity index is 409. The van der Waals surface area contributed by atoms with E-state index in [1.54, 1.807) is 0 Å². The quantitative estimate of drug-likeness (QED) is 0.869. The van der Waals surface area contributed by atoms with Crippen molar-refractivity contribution in [1.29, 1.82) is 0 Å². The van der Waals surface area contributed by atoms with Gasteiger partial charge >= 0.3 is 0 Å². The molecule has 2 heterocycles. The van der Waals surface area contributed by atoms with Crippen LogP contribution in [-0.4, -0.2) is 37.2 Å². The smallest absolute Gasteiger partial charge is 0.120 e. The third-order valence-corrected chi connectivity index (χ3v) is 3.96. The Morgan fingerprint density at radius 1 is 1.35 bits per heavy atom. The normalized spacial score (nSPS) is 17.3. The summed E-state index contributed by atoms with van der Waals surface area (Å²) in [5, 5.41) is 3.41. The molecule has 1 aliphatic heterocycles. The molecule has 0 radical (unpaired) electrons. The molecular formula is C16H28N2O2. The molecule has 1 aromatic heterocycles. The van der Waals surface area contributed by atoms with Crippen LogP contribution in [0.4, 0.5) is 0 Å². The van der Waals surface area contributed by atoms with E-state index in [4.69, 9.17) is 9.15 Å². The van der Waals surface area contributed by atoms with Crippen molar-refractivity contribution in [3.63, 3.8) is 0 Å². The highest BCUT2D eigenvalue weighted by Crippen LogP contribution is 2.19. The van der Waals surface area contributed by atoms with Gasteiger partial charge in [-0.15, -0.1) is 0 Å². The van der Waals surface area contributed by atoms with E-state index in [1.165, 1.54) is 5.56 Å². The van der Waals surface area contributed by atoms with Crippen LogP contribution < -0.4 is 5.32 Å². The predicted molar refractivity (Wildman–Crippen MR) is 80.7 cm³/mol. The first-order valence-electron chi connectivity index (χ1n) is 7.66. The van der Waals surface area contributed by atoms with Gasteiger partial charge in [0.25, 0.3) is 0 Å². The zero-order valence-electron chi connectivity index (χ0n) is 13.2. The summed E-state index contributed by atoms with van der Waals surface area (Å²) in [6.07, 6.45) is 2.25. The first-order valence-corrected chi connectivity index (χ1v) is 7.66. The van der Waals surface area contributed by atoms with Crippen LogP contribution in [0.1, 0.15) is 43.8 Å². The maximum Gasteiger partial charge on any atom is 0.120 e. The van der Waals surface area contributed by atoms with Gasteiger partial charge < -0.3 is 14.5 Å². The second-order valence-electron chi connectivity index (χ2n) is 6.11. The second-order valence-corrected chi connectivity index (χ2v) is 6.11. The van der Waals surface area contributed by atoms with Crippen LogP contribution in [0.2, 0.25) is 0 Å². The Hall–Kier alpha value is -0.840. The molecule has 4 heteroatoms. The molecule has 114 valence electrons. The highest BCUT2D eigenvalue weighted by atomic mass is 16.5. The molecule has 0 aromatic carbocycles. The van der Waals surface area contributed by atoms with Gasteiger partial charge in [-0.1, -0.05) is 13.8 Å². The van der Waals surface area contributed by atoms with Crippen molar-refractivity contribution in [3.8, 4) is 0 Å². The van der Waals surface area contributed by atoms with Crippen LogP contribution >= 0.6 is 0 Å². The number of hydrogen-bond donors (Lipinski definition) is 1. The minimum Gasteiger partial charge on any atom is -0.463 e. The zero-order chi connectivity index (χ0) is 14.5. The molecule has 0 amide bonds. The van der Waals surface area contributed by atoms with Gasteiger partial charge in [-0.3, -0.25) is 4.90 Å². The Kier molecular flexibility index (Phi) is 5.64. The summed E-state index contributed by atoms with van der Waals surface area (Å²) >= 11 is 0. The summed E-state index contributed by atoms with van der Waals surface area (Å²) in [5.74, 6) is 2.13. The van der Waals surface area contributed by atoms with Crippen LogP contribution in [0.15, 0.2) is 10.5 Å². The molecule has 1 aliphatic rings. The lowest BCUT2D eigenvalue weighted by molar-refractivity contribution is 0.0386. The van der Waals surface area contributed by atoms with Gasteiger partial charge in [0.15, 0.2) is 0 Å². The van der Waals surface area contributed by atoms with E-state index < -0.39 is 0 Å². The Morgan fingerprint density at radius 2 is 2.05 bits per heavy atom. The molecule has 1 aromatic rings. The van der Waals surface area contributed by atoms with Crippen molar-refractivity contribution >= 4 is 0 Å². The van der Waals surface area contributed by atoms with E-state index in [1.807, 2.05) is 0 Å². The van der Waals surface area contributed by atoms with Gasteiger partial charge in [0.2, 0.25) is 0 Å². The summed E-state index contributed by atoms with van der Waals surface area (Å²) in [7, 11) is 2.18. The zero-order valence-corrected chi connectivity index (χ0v) is 13.2. The maximum absolute atomic E-state index is 5.99. The lowest BCUT2D eigenvalue weighted by atomic mass is 10.1. The van der Waals surface area contributed by atoms with Crippen LogP contribution in [-0.2, 0) is 17.8 Å². The Balaban J connectivity index is 1.90. The molecule has 1 fully saturated rings. The van der Waals surface area contributed by atoms with Crippen LogP contribution in [0.25, 0.3) is 0 Å². The summed E-state index contributed by atoms with van der Waals surface area (Å²) in [6.45, 7) is 9.89. The number of rotatable bonds is 6. The van der Waals surface area contributed by atoms with Crippen molar-refractivity contribution in [2.45, 2.75) is 58.8 Å². The van der Waals surface area contributed by atoms with Crippen molar-refractivity contribution in [2.75, 3.05) is 20.3 Å². The average molecular weight is 280 g/mol. The highest BCUT2D eigenvalue weighted by molar-refractivity contribution is 5.20. The lowest BCUT2D eigenvalue weighted by Crippen LogP contribution is -2.36. The molecule has 1 N–H and O–H groups in total. The number of nitrogens with zero attached hydrogens (tertiary/aromatic N) is 1. The van der Waals surface area contributed by atoms with Crippen LogP contribution in [0.5, 0.6) is 0 Å². The summed E-state index contributed by atoms with van der Waals surface area (Å²) < 4.78 is 11.4. The summed E-state index contributed by atoms with van der Waals surface area (Å²) in [5.41, 5.74) is 1.24. The molecule has 20 heavy (non-hydrogen) atoms. The van der Waals surface area contributed by atoms with E-state index in [9.17, 15) is 0 Å². The number of ether oxygens (including phenoxy) is 1. The van der Waals surface area contributed by atoms with Gasteiger partial charge in [-0.05, 0) is 38.4 Å². The van der Waals surface area contributed by atoms with E-state index >= 15 is 0 Å². The highest BCUT2D eigenvalue weighted by Gasteiger charge is 2.20. The molecule has 4 nitrogen and oxygen atoms in total. The third-order valence-electron chi connectivity index (χ3n) is 3.96.